The van der Waals surface area contributed by atoms with E-state index in [2.05, 4.69) is 5.32 Å². The van der Waals surface area contributed by atoms with E-state index in [0.717, 1.165) is 17.5 Å². The van der Waals surface area contributed by atoms with Gasteiger partial charge in [0.1, 0.15) is 5.82 Å². The van der Waals surface area contributed by atoms with Crippen molar-refractivity contribution in [3.05, 3.63) is 102 Å². The fraction of sp³-hybridized carbons (Fsp3) is 0.233. The lowest BCUT2D eigenvalue weighted by Gasteiger charge is -2.26. The third-order valence-electron chi connectivity index (χ3n) is 6.17. The maximum atomic E-state index is 13.5. The lowest BCUT2D eigenvalue weighted by molar-refractivity contribution is -0.136. The number of para-hydroxylation sites is 1. The highest BCUT2D eigenvalue weighted by atomic mass is 35.5. The molecule has 37 heavy (non-hydrogen) atoms. The second-order valence-corrected chi connectivity index (χ2v) is 9.23. The lowest BCUT2D eigenvalue weighted by atomic mass is 9.95. The van der Waals surface area contributed by atoms with Crippen LogP contribution < -0.4 is 5.32 Å². The summed E-state index contributed by atoms with van der Waals surface area (Å²) in [6, 6.07) is 28.6. The summed E-state index contributed by atoms with van der Waals surface area (Å²) in [5.74, 6) is -0.150. The first-order valence-electron chi connectivity index (χ1n) is 12.6. The Morgan fingerprint density at radius 3 is 2.24 bits per heavy atom. The average molecular weight is 515 g/mol. The normalized spacial score (nSPS) is 11.6. The van der Waals surface area contributed by atoms with Crippen LogP contribution in [0.1, 0.15) is 38.2 Å². The number of aromatic nitrogens is 2. The van der Waals surface area contributed by atoms with Gasteiger partial charge >= 0.3 is 0 Å². The van der Waals surface area contributed by atoms with E-state index in [4.69, 9.17) is 16.7 Å². The monoisotopic (exact) mass is 514 g/mol. The largest absolute Gasteiger partial charge is 0.333 e. The van der Waals surface area contributed by atoms with Crippen molar-refractivity contribution in [2.24, 2.45) is 0 Å². The van der Waals surface area contributed by atoms with E-state index in [9.17, 15) is 9.59 Å². The zero-order valence-electron chi connectivity index (χ0n) is 21.1. The van der Waals surface area contributed by atoms with Gasteiger partial charge in [-0.1, -0.05) is 98.2 Å². The second-order valence-electron chi connectivity index (χ2n) is 8.82. The second kappa shape index (κ2) is 12.4. The predicted molar refractivity (Wildman–Crippen MR) is 149 cm³/mol. The molecule has 0 spiro atoms. The number of nitrogens with one attached hydrogen (secondary N) is 1. The zero-order valence-corrected chi connectivity index (χ0v) is 21.9. The molecule has 1 unspecified atom stereocenters. The molecule has 1 N–H and O–H groups in total. The maximum absolute atomic E-state index is 13.5. The summed E-state index contributed by atoms with van der Waals surface area (Å²) >= 11 is 6.47. The Morgan fingerprint density at radius 1 is 0.946 bits per heavy atom. The Hall–Kier alpha value is -3.90. The van der Waals surface area contributed by atoms with Gasteiger partial charge in [-0.3, -0.25) is 9.59 Å². The van der Waals surface area contributed by atoms with Crippen LogP contribution in [-0.2, 0) is 9.59 Å². The van der Waals surface area contributed by atoms with Crippen LogP contribution >= 0.6 is 11.6 Å². The van der Waals surface area contributed by atoms with E-state index in [-0.39, 0.29) is 24.3 Å². The highest BCUT2D eigenvalue weighted by Crippen LogP contribution is 2.28. The molecular formula is C30H31ClN4O2. The van der Waals surface area contributed by atoms with E-state index in [1.807, 2.05) is 98.8 Å². The fourth-order valence-corrected chi connectivity index (χ4v) is 4.59. The number of hydrogen-bond donors (Lipinski definition) is 1. The van der Waals surface area contributed by atoms with Crippen molar-refractivity contribution >= 4 is 29.2 Å². The number of carbonyl (C=O) groups excluding carboxylic acids is 2. The van der Waals surface area contributed by atoms with Crippen LogP contribution in [0.15, 0.2) is 91.0 Å². The molecule has 0 aliphatic rings. The first-order valence-corrected chi connectivity index (χ1v) is 12.9. The molecule has 4 rings (SSSR count). The minimum Gasteiger partial charge on any atom is -0.333 e. The lowest BCUT2D eigenvalue weighted by Crippen LogP contribution is -2.41. The molecule has 190 valence electrons. The first-order chi connectivity index (χ1) is 18.0. The minimum atomic E-state index is -0.294. The topological polar surface area (TPSA) is 67.2 Å². The Kier molecular flexibility index (Phi) is 8.75. The molecule has 7 heteroatoms. The summed E-state index contributed by atoms with van der Waals surface area (Å²) in [7, 11) is 0. The highest BCUT2D eigenvalue weighted by Gasteiger charge is 2.26. The van der Waals surface area contributed by atoms with Crippen molar-refractivity contribution in [2.75, 3.05) is 18.4 Å². The summed E-state index contributed by atoms with van der Waals surface area (Å²) in [6.45, 7) is 4.44. The number of carbonyl (C=O) groups is 2. The van der Waals surface area contributed by atoms with Crippen molar-refractivity contribution < 1.29 is 9.59 Å². The zero-order chi connectivity index (χ0) is 26.2. The molecule has 0 aliphatic carbocycles. The summed E-state index contributed by atoms with van der Waals surface area (Å²) < 4.78 is 1.63. The van der Waals surface area contributed by atoms with Gasteiger partial charge < -0.3 is 10.2 Å². The Bertz CT molecular complexity index is 1340. The van der Waals surface area contributed by atoms with Crippen LogP contribution in [0.2, 0.25) is 5.02 Å². The summed E-state index contributed by atoms with van der Waals surface area (Å²) in [5, 5.41) is 8.22. The summed E-state index contributed by atoms with van der Waals surface area (Å²) in [4.78, 5) is 28.4. The minimum absolute atomic E-state index is 0.0460. The number of benzene rings is 3. The van der Waals surface area contributed by atoms with Gasteiger partial charge in [-0.15, -0.1) is 0 Å². The molecule has 1 heterocycles. The van der Waals surface area contributed by atoms with Crippen LogP contribution in [0.25, 0.3) is 16.9 Å². The van der Waals surface area contributed by atoms with Gasteiger partial charge in [0.25, 0.3) is 0 Å². The van der Waals surface area contributed by atoms with E-state index in [0.29, 0.717) is 35.2 Å². The van der Waals surface area contributed by atoms with Gasteiger partial charge in [0.05, 0.1) is 28.9 Å². The van der Waals surface area contributed by atoms with Crippen LogP contribution in [0.4, 0.5) is 5.82 Å². The van der Waals surface area contributed by atoms with Gasteiger partial charge in [0.2, 0.25) is 11.8 Å². The molecule has 0 aliphatic heterocycles. The Balaban J connectivity index is 1.60. The summed E-state index contributed by atoms with van der Waals surface area (Å²) in [5.41, 5.74) is 3.23. The van der Waals surface area contributed by atoms with Crippen LogP contribution in [0, 0.1) is 0 Å². The van der Waals surface area contributed by atoms with Crippen LogP contribution in [0.5, 0.6) is 0 Å². The molecule has 0 bridgehead atoms. The number of nitrogens with zero attached hydrogens (tertiary/aromatic N) is 3. The van der Waals surface area contributed by atoms with Gasteiger partial charge in [-0.2, -0.15) is 5.10 Å². The van der Waals surface area contributed by atoms with Gasteiger partial charge in [0, 0.05) is 18.2 Å². The van der Waals surface area contributed by atoms with Crippen LogP contribution in [0.3, 0.4) is 0 Å². The Labute approximate surface area is 222 Å². The highest BCUT2D eigenvalue weighted by molar-refractivity contribution is 6.32. The van der Waals surface area contributed by atoms with E-state index in [1.165, 1.54) is 0 Å². The quantitative estimate of drug-likeness (QED) is 0.260. The maximum Gasteiger partial charge on any atom is 0.245 e. The van der Waals surface area contributed by atoms with Crippen molar-refractivity contribution in [2.45, 2.75) is 32.6 Å². The number of hydrogen-bond acceptors (Lipinski definition) is 3. The average Bonchev–Trinajstić information content (AvgIpc) is 3.33. The molecule has 3 aromatic carbocycles. The van der Waals surface area contributed by atoms with E-state index >= 15 is 0 Å². The molecule has 6 nitrogen and oxygen atoms in total. The molecule has 2 amide bonds. The Morgan fingerprint density at radius 2 is 1.59 bits per heavy atom. The molecule has 4 aromatic rings. The molecule has 0 saturated heterocycles. The third kappa shape index (κ3) is 6.27. The molecule has 1 aromatic heterocycles. The first kappa shape index (κ1) is 26.2. The molecule has 0 saturated carbocycles. The van der Waals surface area contributed by atoms with E-state index in [1.54, 1.807) is 15.6 Å². The van der Waals surface area contributed by atoms with Crippen molar-refractivity contribution in [3.63, 3.8) is 0 Å². The van der Waals surface area contributed by atoms with Crippen molar-refractivity contribution in [1.82, 2.24) is 14.7 Å². The number of amides is 2. The molecule has 0 radical (unpaired) electrons. The molecule has 1 atom stereocenters. The van der Waals surface area contributed by atoms with Gasteiger partial charge in [-0.05, 0) is 30.5 Å². The number of rotatable bonds is 10. The number of halogens is 1. The predicted octanol–water partition coefficient (Wildman–Crippen LogP) is 6.56. The van der Waals surface area contributed by atoms with E-state index < -0.39 is 0 Å². The third-order valence-corrected chi connectivity index (χ3v) is 6.49. The number of anilines is 1. The van der Waals surface area contributed by atoms with Crippen molar-refractivity contribution in [3.8, 4) is 16.9 Å². The smallest absolute Gasteiger partial charge is 0.245 e. The van der Waals surface area contributed by atoms with Crippen LogP contribution in [-0.4, -0.2) is 39.6 Å². The van der Waals surface area contributed by atoms with Gasteiger partial charge in [0.15, 0.2) is 0 Å². The summed E-state index contributed by atoms with van der Waals surface area (Å²) in [6.07, 6.45) is 1.41. The standard InChI is InChI=1S/C30H31ClN4O2/c1-3-19-34(30(37)24(4-2)22-13-7-5-8-14-22)21-29(36)32-28-20-26(23-15-9-6-10-16-23)33-35(28)27-18-12-11-17-25(27)31/h5-18,20,24H,3-4,19,21H2,1-2H3,(H,32,36). The molecular weight excluding hydrogens is 484 g/mol. The van der Waals surface area contributed by atoms with Crippen molar-refractivity contribution in [1.29, 1.82) is 0 Å². The molecule has 0 fully saturated rings. The SMILES string of the molecule is CCCN(CC(=O)Nc1cc(-c2ccccc2)nn1-c1ccccc1Cl)C(=O)C(CC)c1ccccc1. The fourth-order valence-electron chi connectivity index (χ4n) is 4.38. The van der Waals surface area contributed by atoms with Gasteiger partial charge in [-0.25, -0.2) is 4.68 Å².